The number of anilines is 1. The molecule has 0 saturated heterocycles. The summed E-state index contributed by atoms with van der Waals surface area (Å²) in [6, 6.07) is 3.50. The van der Waals surface area contributed by atoms with E-state index in [0.29, 0.717) is 12.2 Å². The molecule has 1 aromatic heterocycles. The van der Waals surface area contributed by atoms with Crippen LogP contribution in [0.1, 0.15) is 5.69 Å². The van der Waals surface area contributed by atoms with Gasteiger partial charge in [0, 0.05) is 18.4 Å². The first-order valence-corrected chi connectivity index (χ1v) is 2.73. The van der Waals surface area contributed by atoms with Gasteiger partial charge in [-0.15, -0.1) is 24.8 Å². The lowest BCUT2D eigenvalue weighted by Crippen LogP contribution is -1.99. The van der Waals surface area contributed by atoms with Gasteiger partial charge in [-0.05, 0) is 12.1 Å². The number of halogens is 2. The molecule has 0 amide bonds. The summed E-state index contributed by atoms with van der Waals surface area (Å²) in [6.45, 7) is 0.449. The van der Waals surface area contributed by atoms with E-state index in [0.717, 1.165) is 5.69 Å². The highest BCUT2D eigenvalue weighted by Crippen LogP contribution is 2.00. The summed E-state index contributed by atoms with van der Waals surface area (Å²) in [5, 5.41) is 0. The Kier molecular flexibility index (Phi) is 7.41. The van der Waals surface area contributed by atoms with Crippen LogP contribution in [0.4, 0.5) is 5.69 Å². The second kappa shape index (κ2) is 6.22. The molecule has 1 heterocycles. The number of nitrogen functional groups attached to an aromatic ring is 1. The van der Waals surface area contributed by atoms with E-state index in [-0.39, 0.29) is 24.8 Å². The van der Waals surface area contributed by atoms with Crippen LogP contribution in [0.3, 0.4) is 0 Å². The molecule has 0 saturated carbocycles. The largest absolute Gasteiger partial charge is 0.399 e. The smallest absolute Gasteiger partial charge is 0.0559 e. The van der Waals surface area contributed by atoms with Gasteiger partial charge in [-0.25, -0.2) is 0 Å². The third-order valence-electron chi connectivity index (χ3n) is 1.05. The average Bonchev–Trinajstić information content (AvgIpc) is 1.88. The monoisotopic (exact) mass is 195 g/mol. The Hall–Kier alpha value is -0.510. The Morgan fingerprint density at radius 3 is 2.36 bits per heavy atom. The normalized spacial score (nSPS) is 7.73. The summed E-state index contributed by atoms with van der Waals surface area (Å²) in [5.41, 5.74) is 12.3. The van der Waals surface area contributed by atoms with Crippen LogP contribution in [0, 0.1) is 0 Å². The van der Waals surface area contributed by atoms with Crippen molar-refractivity contribution in [1.82, 2.24) is 4.98 Å². The Bertz CT molecular complexity index is 205. The molecule has 0 spiro atoms. The zero-order valence-corrected chi connectivity index (χ0v) is 7.49. The SMILES string of the molecule is Cl.Cl.NCc1cc(N)ccn1. The lowest BCUT2D eigenvalue weighted by molar-refractivity contribution is 0.992. The molecule has 0 unspecified atom stereocenters. The number of rotatable bonds is 1. The molecule has 0 aromatic carbocycles. The quantitative estimate of drug-likeness (QED) is 0.703. The Morgan fingerprint density at radius 1 is 1.36 bits per heavy atom. The van der Waals surface area contributed by atoms with Gasteiger partial charge in [0.15, 0.2) is 0 Å². The van der Waals surface area contributed by atoms with Crippen molar-refractivity contribution >= 4 is 30.5 Å². The molecule has 5 heteroatoms. The third kappa shape index (κ3) is 4.03. The molecule has 0 aliphatic rings. The molecule has 0 radical (unpaired) electrons. The molecule has 0 atom stereocenters. The van der Waals surface area contributed by atoms with Gasteiger partial charge in [0.1, 0.15) is 0 Å². The molecular weight excluding hydrogens is 185 g/mol. The van der Waals surface area contributed by atoms with E-state index in [2.05, 4.69) is 4.98 Å². The molecule has 0 fully saturated rings. The summed E-state index contributed by atoms with van der Waals surface area (Å²) >= 11 is 0. The van der Waals surface area contributed by atoms with E-state index >= 15 is 0 Å². The van der Waals surface area contributed by atoms with Crippen molar-refractivity contribution in [3.05, 3.63) is 24.0 Å². The van der Waals surface area contributed by atoms with Gasteiger partial charge in [-0.3, -0.25) is 4.98 Å². The number of aromatic nitrogens is 1. The molecular formula is C6H11Cl2N3. The topological polar surface area (TPSA) is 64.9 Å². The highest BCUT2D eigenvalue weighted by molar-refractivity contribution is 5.85. The Labute approximate surface area is 78.0 Å². The fraction of sp³-hybridized carbons (Fsp3) is 0.167. The second-order valence-electron chi connectivity index (χ2n) is 1.78. The number of nitrogens with zero attached hydrogens (tertiary/aromatic N) is 1. The van der Waals surface area contributed by atoms with Gasteiger partial charge in [0.25, 0.3) is 0 Å². The van der Waals surface area contributed by atoms with E-state index in [9.17, 15) is 0 Å². The van der Waals surface area contributed by atoms with Gasteiger partial charge in [0.05, 0.1) is 5.69 Å². The van der Waals surface area contributed by atoms with Crippen LogP contribution in [-0.4, -0.2) is 4.98 Å². The molecule has 0 bridgehead atoms. The van der Waals surface area contributed by atoms with Crippen molar-refractivity contribution < 1.29 is 0 Å². The van der Waals surface area contributed by atoms with Gasteiger partial charge < -0.3 is 11.5 Å². The van der Waals surface area contributed by atoms with Crippen LogP contribution in [-0.2, 0) is 6.54 Å². The summed E-state index contributed by atoms with van der Waals surface area (Å²) in [6.07, 6.45) is 1.65. The number of nitrogens with two attached hydrogens (primary N) is 2. The molecule has 4 N–H and O–H groups in total. The minimum atomic E-state index is 0. The van der Waals surface area contributed by atoms with Gasteiger partial charge in [-0.2, -0.15) is 0 Å². The van der Waals surface area contributed by atoms with Crippen molar-refractivity contribution in [3.8, 4) is 0 Å². The zero-order chi connectivity index (χ0) is 6.69. The first-order chi connectivity index (χ1) is 4.33. The fourth-order valence-corrected chi connectivity index (χ4v) is 0.608. The van der Waals surface area contributed by atoms with Crippen molar-refractivity contribution in [2.75, 3.05) is 5.73 Å². The number of hydrogen-bond donors (Lipinski definition) is 2. The molecule has 1 aromatic rings. The maximum atomic E-state index is 5.44. The first-order valence-electron chi connectivity index (χ1n) is 2.73. The number of hydrogen-bond acceptors (Lipinski definition) is 3. The van der Waals surface area contributed by atoms with Crippen molar-refractivity contribution in [2.45, 2.75) is 6.54 Å². The van der Waals surface area contributed by atoms with Crippen LogP contribution in [0.2, 0.25) is 0 Å². The van der Waals surface area contributed by atoms with Crippen LogP contribution >= 0.6 is 24.8 Å². The molecule has 11 heavy (non-hydrogen) atoms. The van der Waals surface area contributed by atoms with Crippen LogP contribution in [0.5, 0.6) is 0 Å². The maximum Gasteiger partial charge on any atom is 0.0559 e. The predicted octanol–water partition coefficient (Wildman–Crippen LogP) is 0.966. The highest BCUT2D eigenvalue weighted by Gasteiger charge is 1.88. The van der Waals surface area contributed by atoms with Crippen molar-refractivity contribution in [2.24, 2.45) is 5.73 Å². The second-order valence-corrected chi connectivity index (χ2v) is 1.78. The minimum absolute atomic E-state index is 0. The molecule has 3 nitrogen and oxygen atoms in total. The van der Waals surface area contributed by atoms with E-state index in [1.54, 1.807) is 18.3 Å². The molecule has 1 rings (SSSR count). The fourth-order valence-electron chi connectivity index (χ4n) is 0.608. The third-order valence-corrected chi connectivity index (χ3v) is 1.05. The van der Waals surface area contributed by atoms with Crippen LogP contribution in [0.15, 0.2) is 18.3 Å². The summed E-state index contributed by atoms with van der Waals surface area (Å²) in [4.78, 5) is 3.95. The average molecular weight is 196 g/mol. The van der Waals surface area contributed by atoms with E-state index in [4.69, 9.17) is 11.5 Å². The summed E-state index contributed by atoms with van der Waals surface area (Å²) < 4.78 is 0. The van der Waals surface area contributed by atoms with Gasteiger partial charge >= 0.3 is 0 Å². The van der Waals surface area contributed by atoms with E-state index in [1.165, 1.54) is 0 Å². The standard InChI is InChI=1S/C6H9N3.2ClH/c7-4-6-3-5(8)1-2-9-6;;/h1-3H,4,7H2,(H2,8,9);2*1H. The molecule has 64 valence electrons. The van der Waals surface area contributed by atoms with Crippen LogP contribution in [0.25, 0.3) is 0 Å². The molecule has 0 aliphatic heterocycles. The Balaban J connectivity index is 0. The van der Waals surface area contributed by atoms with E-state index < -0.39 is 0 Å². The van der Waals surface area contributed by atoms with E-state index in [1.807, 2.05) is 0 Å². The first kappa shape index (κ1) is 13.1. The van der Waals surface area contributed by atoms with Crippen LogP contribution < -0.4 is 11.5 Å². The Morgan fingerprint density at radius 2 is 2.00 bits per heavy atom. The lowest BCUT2D eigenvalue weighted by Gasteiger charge is -1.94. The number of pyridine rings is 1. The zero-order valence-electron chi connectivity index (χ0n) is 5.86. The maximum absolute atomic E-state index is 5.44. The lowest BCUT2D eigenvalue weighted by atomic mass is 10.3. The van der Waals surface area contributed by atoms with Gasteiger partial charge in [0.2, 0.25) is 0 Å². The van der Waals surface area contributed by atoms with Crippen molar-refractivity contribution in [3.63, 3.8) is 0 Å². The summed E-state index contributed by atoms with van der Waals surface area (Å²) in [5.74, 6) is 0. The summed E-state index contributed by atoms with van der Waals surface area (Å²) in [7, 11) is 0. The minimum Gasteiger partial charge on any atom is -0.399 e. The highest BCUT2D eigenvalue weighted by atomic mass is 35.5. The van der Waals surface area contributed by atoms with Gasteiger partial charge in [-0.1, -0.05) is 0 Å². The van der Waals surface area contributed by atoms with Crippen molar-refractivity contribution in [1.29, 1.82) is 0 Å². The molecule has 0 aliphatic carbocycles. The predicted molar refractivity (Wildman–Crippen MR) is 51.0 cm³/mol.